The van der Waals surface area contributed by atoms with E-state index in [1.165, 1.54) is 20.5 Å². The van der Waals surface area contributed by atoms with Crippen LogP contribution in [0.15, 0.2) is 28.9 Å². The standard InChI is InChI=1S/C23H30N6O5/c1-13-7-8-14(23(2,3)4)11-16(13)34-22-26-15(12-33-22)18(30)27-17-19(31-5)28-21(25-10-9-24)29-20(17)32-6/h7-8,11-12H,9-10,24H2,1-6H3,(H,27,30)(H,25,28,29). The predicted octanol–water partition coefficient (Wildman–Crippen LogP) is 3.50. The highest BCUT2D eigenvalue weighted by Gasteiger charge is 2.22. The number of carbonyl (C=O) groups is 1. The van der Waals surface area contributed by atoms with Crippen LogP contribution >= 0.6 is 0 Å². The minimum Gasteiger partial charge on any atom is -0.479 e. The summed E-state index contributed by atoms with van der Waals surface area (Å²) >= 11 is 0. The summed E-state index contributed by atoms with van der Waals surface area (Å²) in [4.78, 5) is 25.4. The summed E-state index contributed by atoms with van der Waals surface area (Å²) in [5.74, 6) is 0.478. The van der Waals surface area contributed by atoms with Crippen LogP contribution < -0.4 is 30.6 Å². The lowest BCUT2D eigenvalue weighted by molar-refractivity contribution is 0.102. The van der Waals surface area contributed by atoms with Gasteiger partial charge in [0.2, 0.25) is 17.7 Å². The fraction of sp³-hybridized carbons (Fsp3) is 0.391. The number of methoxy groups -OCH3 is 2. The Morgan fingerprint density at radius 2 is 1.79 bits per heavy atom. The van der Waals surface area contributed by atoms with E-state index in [0.29, 0.717) is 18.8 Å². The molecular formula is C23H30N6O5. The highest BCUT2D eigenvalue weighted by atomic mass is 16.6. The number of nitrogens with two attached hydrogens (primary N) is 1. The van der Waals surface area contributed by atoms with Gasteiger partial charge < -0.3 is 35.0 Å². The molecule has 11 nitrogen and oxygen atoms in total. The fourth-order valence-corrected chi connectivity index (χ4v) is 2.94. The Kier molecular flexibility index (Phi) is 7.57. The third-order valence-corrected chi connectivity index (χ3v) is 4.86. The molecule has 3 rings (SSSR count). The van der Waals surface area contributed by atoms with Crippen LogP contribution in [0.3, 0.4) is 0 Å². The summed E-state index contributed by atoms with van der Waals surface area (Å²) in [6, 6.07) is 5.96. The van der Waals surface area contributed by atoms with Crippen LogP contribution in [0.2, 0.25) is 0 Å². The van der Waals surface area contributed by atoms with Gasteiger partial charge in [-0.2, -0.15) is 15.0 Å². The van der Waals surface area contributed by atoms with Crippen molar-refractivity contribution in [2.75, 3.05) is 37.9 Å². The smallest absolute Gasteiger partial charge is 0.399 e. The first-order valence-corrected chi connectivity index (χ1v) is 10.7. The Morgan fingerprint density at radius 1 is 1.12 bits per heavy atom. The van der Waals surface area contributed by atoms with Crippen molar-refractivity contribution in [3.8, 4) is 23.6 Å². The number of aryl methyl sites for hydroxylation is 1. The van der Waals surface area contributed by atoms with Crippen molar-refractivity contribution in [1.29, 1.82) is 0 Å². The molecule has 0 atom stereocenters. The Labute approximate surface area is 198 Å². The van der Waals surface area contributed by atoms with Crippen molar-refractivity contribution < 1.29 is 23.4 Å². The van der Waals surface area contributed by atoms with Crippen LogP contribution in [-0.4, -0.2) is 48.2 Å². The second-order valence-electron chi connectivity index (χ2n) is 8.44. The number of rotatable bonds is 9. The van der Waals surface area contributed by atoms with Crippen LogP contribution in [0.25, 0.3) is 0 Å². The molecule has 0 spiro atoms. The van der Waals surface area contributed by atoms with E-state index in [1.54, 1.807) is 0 Å². The quantitative estimate of drug-likeness (QED) is 0.424. The van der Waals surface area contributed by atoms with Gasteiger partial charge in [-0.1, -0.05) is 32.9 Å². The molecule has 0 bridgehead atoms. The molecule has 2 aromatic heterocycles. The molecule has 0 fully saturated rings. The minimum atomic E-state index is -0.582. The molecule has 1 amide bonds. The molecule has 4 N–H and O–H groups in total. The average molecular weight is 471 g/mol. The number of aromatic nitrogens is 3. The molecule has 0 aliphatic rings. The second kappa shape index (κ2) is 10.4. The first kappa shape index (κ1) is 24.8. The summed E-state index contributed by atoms with van der Waals surface area (Å²) in [6.07, 6.45) is 1.14. The van der Waals surface area contributed by atoms with Crippen molar-refractivity contribution in [2.24, 2.45) is 5.73 Å². The molecule has 0 saturated carbocycles. The van der Waals surface area contributed by atoms with Crippen molar-refractivity contribution in [3.63, 3.8) is 0 Å². The first-order valence-electron chi connectivity index (χ1n) is 10.7. The summed E-state index contributed by atoms with van der Waals surface area (Å²) in [7, 11) is 2.83. The predicted molar refractivity (Wildman–Crippen MR) is 127 cm³/mol. The zero-order valence-electron chi connectivity index (χ0n) is 20.2. The van der Waals surface area contributed by atoms with Gasteiger partial charge in [0.25, 0.3) is 5.91 Å². The molecule has 0 unspecified atom stereocenters. The summed E-state index contributed by atoms with van der Waals surface area (Å²) in [5.41, 5.74) is 7.59. The molecule has 11 heteroatoms. The number of carbonyl (C=O) groups excluding carboxylic acids is 1. The third kappa shape index (κ3) is 5.73. The average Bonchev–Trinajstić information content (AvgIpc) is 3.27. The minimum absolute atomic E-state index is 0.00549. The van der Waals surface area contributed by atoms with Gasteiger partial charge in [-0.3, -0.25) is 4.79 Å². The van der Waals surface area contributed by atoms with Crippen LogP contribution in [0.4, 0.5) is 11.6 Å². The zero-order chi connectivity index (χ0) is 24.9. The van der Waals surface area contributed by atoms with E-state index in [9.17, 15) is 4.79 Å². The maximum atomic E-state index is 12.8. The zero-order valence-corrected chi connectivity index (χ0v) is 20.2. The lowest BCUT2D eigenvalue weighted by Crippen LogP contribution is -2.18. The molecule has 0 aliphatic heterocycles. The van der Waals surface area contributed by atoms with Gasteiger partial charge in [0.15, 0.2) is 11.4 Å². The molecule has 0 radical (unpaired) electrons. The van der Waals surface area contributed by atoms with E-state index in [4.69, 9.17) is 24.4 Å². The second-order valence-corrected chi connectivity index (χ2v) is 8.44. The normalized spacial score (nSPS) is 11.1. The molecular weight excluding hydrogens is 440 g/mol. The lowest BCUT2D eigenvalue weighted by atomic mass is 9.86. The number of benzene rings is 1. The number of hydrogen-bond donors (Lipinski definition) is 3. The lowest BCUT2D eigenvalue weighted by Gasteiger charge is -2.20. The molecule has 0 saturated heterocycles. The van der Waals surface area contributed by atoms with E-state index >= 15 is 0 Å². The Bertz CT molecular complexity index is 1130. The van der Waals surface area contributed by atoms with Gasteiger partial charge in [-0.15, -0.1) is 0 Å². The van der Waals surface area contributed by atoms with Crippen LogP contribution in [-0.2, 0) is 5.41 Å². The van der Waals surface area contributed by atoms with Crippen molar-refractivity contribution >= 4 is 17.5 Å². The topological polar surface area (TPSA) is 147 Å². The van der Waals surface area contributed by atoms with Gasteiger partial charge in [-0.25, -0.2) is 0 Å². The van der Waals surface area contributed by atoms with E-state index in [0.717, 1.165) is 11.1 Å². The number of hydrogen-bond acceptors (Lipinski definition) is 10. The van der Waals surface area contributed by atoms with Gasteiger partial charge in [0.1, 0.15) is 12.0 Å². The number of nitrogens with one attached hydrogen (secondary N) is 2. The highest BCUT2D eigenvalue weighted by Crippen LogP contribution is 2.34. The third-order valence-electron chi connectivity index (χ3n) is 4.86. The van der Waals surface area contributed by atoms with E-state index in [1.807, 2.05) is 19.1 Å². The Hall–Kier alpha value is -3.86. The van der Waals surface area contributed by atoms with Gasteiger partial charge >= 0.3 is 6.08 Å². The van der Waals surface area contributed by atoms with E-state index < -0.39 is 5.91 Å². The van der Waals surface area contributed by atoms with Crippen molar-refractivity contribution in [3.05, 3.63) is 41.3 Å². The molecule has 1 aromatic carbocycles. The molecule has 3 aromatic rings. The van der Waals surface area contributed by atoms with E-state index in [-0.39, 0.29) is 40.6 Å². The first-order chi connectivity index (χ1) is 16.2. The number of anilines is 2. The summed E-state index contributed by atoms with van der Waals surface area (Å²) in [6.45, 7) is 9.11. The van der Waals surface area contributed by atoms with Crippen LogP contribution in [0, 0.1) is 6.92 Å². The Morgan fingerprint density at radius 3 is 2.38 bits per heavy atom. The number of nitrogens with zero attached hydrogens (tertiary/aromatic N) is 3. The maximum absolute atomic E-state index is 12.8. The van der Waals surface area contributed by atoms with Crippen LogP contribution in [0.1, 0.15) is 42.4 Å². The van der Waals surface area contributed by atoms with Gasteiger partial charge in [-0.05, 0) is 29.5 Å². The van der Waals surface area contributed by atoms with Crippen molar-refractivity contribution in [2.45, 2.75) is 33.1 Å². The maximum Gasteiger partial charge on any atom is 0.399 e. The molecule has 34 heavy (non-hydrogen) atoms. The molecule has 0 aliphatic carbocycles. The Balaban J connectivity index is 1.80. The fourth-order valence-electron chi connectivity index (χ4n) is 2.94. The van der Waals surface area contributed by atoms with Crippen molar-refractivity contribution in [1.82, 2.24) is 15.0 Å². The molecule has 182 valence electrons. The number of ether oxygens (including phenoxy) is 3. The summed E-state index contributed by atoms with van der Waals surface area (Å²) < 4.78 is 21.8. The molecule has 2 heterocycles. The number of oxazole rings is 1. The van der Waals surface area contributed by atoms with E-state index in [2.05, 4.69) is 52.4 Å². The SMILES string of the molecule is COc1nc(NCCN)nc(OC)c1NC(=O)c1coc(Oc2cc(C(C)(C)C)ccc2C)n1. The highest BCUT2D eigenvalue weighted by molar-refractivity contribution is 6.04. The van der Waals surface area contributed by atoms with Gasteiger partial charge in [0.05, 0.1) is 14.2 Å². The van der Waals surface area contributed by atoms with Gasteiger partial charge in [0, 0.05) is 13.1 Å². The summed E-state index contributed by atoms with van der Waals surface area (Å²) in [5, 5.41) is 5.59. The number of amides is 1. The monoisotopic (exact) mass is 470 g/mol. The van der Waals surface area contributed by atoms with Crippen LogP contribution in [0.5, 0.6) is 23.6 Å². The largest absolute Gasteiger partial charge is 0.479 e.